The minimum absolute atomic E-state index is 0.0426. The quantitative estimate of drug-likeness (QED) is 0.525. The fraction of sp³-hybridized carbons (Fsp3) is 0.308. The van der Waals surface area contributed by atoms with Crippen molar-refractivity contribution in [3.8, 4) is 11.1 Å². The molecular formula is C26H27NO3S. The predicted molar refractivity (Wildman–Crippen MR) is 125 cm³/mol. The number of aryl methyl sites for hydroxylation is 1. The number of hydrogen-bond donors (Lipinski definition) is 2. The number of hydrogen-bond acceptors (Lipinski definition) is 3. The molecule has 2 N–H and O–H groups in total. The molecule has 2 aromatic carbocycles. The van der Waals surface area contributed by atoms with Crippen molar-refractivity contribution in [3.05, 3.63) is 81.5 Å². The van der Waals surface area contributed by atoms with Gasteiger partial charge in [0.05, 0.1) is 11.5 Å². The van der Waals surface area contributed by atoms with E-state index in [0.717, 1.165) is 35.3 Å². The van der Waals surface area contributed by atoms with E-state index >= 15 is 0 Å². The van der Waals surface area contributed by atoms with Crippen LogP contribution in [0.2, 0.25) is 0 Å². The summed E-state index contributed by atoms with van der Waals surface area (Å²) in [6.45, 7) is 2.06. The first-order valence-electron chi connectivity index (χ1n) is 10.8. The molecule has 1 amide bonds. The van der Waals surface area contributed by atoms with Gasteiger partial charge in [0.25, 0.3) is 5.91 Å². The zero-order valence-electron chi connectivity index (χ0n) is 17.6. The average molecular weight is 434 g/mol. The van der Waals surface area contributed by atoms with Crippen LogP contribution in [0.3, 0.4) is 0 Å². The van der Waals surface area contributed by atoms with Crippen LogP contribution < -0.4 is 5.32 Å². The Morgan fingerprint density at radius 3 is 2.26 bits per heavy atom. The van der Waals surface area contributed by atoms with Crippen LogP contribution in [0.4, 0.5) is 0 Å². The maximum Gasteiger partial charge on any atom is 0.306 e. The minimum Gasteiger partial charge on any atom is -0.481 e. The third-order valence-electron chi connectivity index (χ3n) is 6.20. The Labute approximate surface area is 186 Å². The van der Waals surface area contributed by atoms with Crippen molar-refractivity contribution in [2.24, 2.45) is 5.92 Å². The molecule has 3 aromatic rings. The number of rotatable bonds is 6. The van der Waals surface area contributed by atoms with Crippen LogP contribution in [0.5, 0.6) is 0 Å². The monoisotopic (exact) mass is 433 g/mol. The van der Waals surface area contributed by atoms with Crippen LogP contribution in [0.1, 0.15) is 52.0 Å². The second kappa shape index (κ2) is 9.48. The Hall–Kier alpha value is -2.92. The molecule has 1 heterocycles. The van der Waals surface area contributed by atoms with Crippen LogP contribution >= 0.6 is 11.3 Å². The molecule has 160 valence electrons. The van der Waals surface area contributed by atoms with Crippen molar-refractivity contribution >= 4 is 23.2 Å². The van der Waals surface area contributed by atoms with Gasteiger partial charge in [0.2, 0.25) is 0 Å². The second-order valence-electron chi connectivity index (χ2n) is 8.28. The summed E-state index contributed by atoms with van der Waals surface area (Å²) in [5.41, 5.74) is 5.38. The molecule has 0 bridgehead atoms. The smallest absolute Gasteiger partial charge is 0.306 e. The summed E-state index contributed by atoms with van der Waals surface area (Å²) in [5, 5.41) is 14.2. The predicted octanol–water partition coefficient (Wildman–Crippen LogP) is 5.69. The van der Waals surface area contributed by atoms with E-state index in [0.29, 0.717) is 12.8 Å². The summed E-state index contributed by atoms with van der Waals surface area (Å²) in [4.78, 5) is 25.3. The molecule has 0 saturated heterocycles. The van der Waals surface area contributed by atoms with Gasteiger partial charge in [-0.3, -0.25) is 9.59 Å². The number of nitrogens with one attached hydrogen (secondary N) is 1. The van der Waals surface area contributed by atoms with E-state index in [1.54, 1.807) is 11.3 Å². The molecule has 5 heteroatoms. The van der Waals surface area contributed by atoms with Crippen molar-refractivity contribution in [1.82, 2.24) is 5.32 Å². The van der Waals surface area contributed by atoms with Gasteiger partial charge in [0.1, 0.15) is 0 Å². The molecule has 1 saturated carbocycles. The van der Waals surface area contributed by atoms with Crippen LogP contribution in [0, 0.1) is 12.8 Å². The molecule has 31 heavy (non-hydrogen) atoms. The third-order valence-corrected chi connectivity index (χ3v) is 7.16. The van der Waals surface area contributed by atoms with Gasteiger partial charge in [-0.25, -0.2) is 0 Å². The molecule has 4 nitrogen and oxygen atoms in total. The first-order chi connectivity index (χ1) is 15.0. The average Bonchev–Trinajstić information content (AvgIpc) is 3.15. The maximum absolute atomic E-state index is 13.0. The van der Waals surface area contributed by atoms with Crippen molar-refractivity contribution < 1.29 is 14.7 Å². The second-order valence-corrected chi connectivity index (χ2v) is 9.37. The standard InChI is InChI=1S/C26H27NO3S/c1-17-23(15-18-7-9-20(10-8-18)19-5-3-2-4-6-19)24(16-31-17)25(28)27-22-13-11-21(12-14-22)26(29)30/h2-10,16,21-22H,11-15H2,1H3,(H,27,28)(H,29,30). The molecule has 0 atom stereocenters. The van der Waals surface area contributed by atoms with Crippen molar-refractivity contribution in [3.63, 3.8) is 0 Å². The molecule has 1 aliphatic rings. The fourth-order valence-electron chi connectivity index (χ4n) is 4.29. The number of carboxylic acid groups (broad SMARTS) is 1. The molecule has 1 aromatic heterocycles. The summed E-state index contributed by atoms with van der Waals surface area (Å²) in [6.07, 6.45) is 3.43. The molecular weight excluding hydrogens is 406 g/mol. The molecule has 4 rings (SSSR count). The topological polar surface area (TPSA) is 66.4 Å². The van der Waals surface area contributed by atoms with Gasteiger partial charge in [-0.05, 0) is 61.3 Å². The number of benzene rings is 2. The Morgan fingerprint density at radius 2 is 1.61 bits per heavy atom. The Balaban J connectivity index is 1.43. The van der Waals surface area contributed by atoms with Gasteiger partial charge in [-0.15, -0.1) is 11.3 Å². The van der Waals surface area contributed by atoms with Gasteiger partial charge in [-0.1, -0.05) is 54.6 Å². The van der Waals surface area contributed by atoms with Crippen LogP contribution in [-0.4, -0.2) is 23.0 Å². The molecule has 0 spiro atoms. The largest absolute Gasteiger partial charge is 0.481 e. The first kappa shape index (κ1) is 21.3. The zero-order valence-corrected chi connectivity index (χ0v) is 18.5. The van der Waals surface area contributed by atoms with Crippen LogP contribution in [0.25, 0.3) is 11.1 Å². The van der Waals surface area contributed by atoms with Crippen LogP contribution in [0.15, 0.2) is 60.0 Å². The van der Waals surface area contributed by atoms with Crippen molar-refractivity contribution in [2.75, 3.05) is 0 Å². The normalized spacial score (nSPS) is 18.5. The van der Waals surface area contributed by atoms with Gasteiger partial charge in [0.15, 0.2) is 0 Å². The molecule has 0 unspecified atom stereocenters. The lowest BCUT2D eigenvalue weighted by atomic mass is 9.86. The SMILES string of the molecule is Cc1scc(C(=O)NC2CCC(C(=O)O)CC2)c1Cc1ccc(-c2ccccc2)cc1. The Kier molecular flexibility index (Phi) is 6.52. The molecule has 1 aliphatic carbocycles. The Morgan fingerprint density at radius 1 is 0.968 bits per heavy atom. The van der Waals surface area contributed by atoms with E-state index in [4.69, 9.17) is 5.11 Å². The summed E-state index contributed by atoms with van der Waals surface area (Å²) in [5.74, 6) is -1.04. The number of thiophene rings is 1. The summed E-state index contributed by atoms with van der Waals surface area (Å²) >= 11 is 1.61. The molecule has 0 aliphatic heterocycles. The highest BCUT2D eigenvalue weighted by Crippen LogP contribution is 2.28. The number of carbonyl (C=O) groups excluding carboxylic acids is 1. The van der Waals surface area contributed by atoms with E-state index in [-0.39, 0.29) is 17.9 Å². The minimum atomic E-state index is -0.723. The molecule has 0 radical (unpaired) electrons. The fourth-order valence-corrected chi connectivity index (χ4v) is 5.16. The summed E-state index contributed by atoms with van der Waals surface area (Å²) < 4.78 is 0. The number of amides is 1. The summed E-state index contributed by atoms with van der Waals surface area (Å²) in [7, 11) is 0. The van der Waals surface area contributed by atoms with Gasteiger partial charge >= 0.3 is 5.97 Å². The van der Waals surface area contributed by atoms with Gasteiger partial charge in [-0.2, -0.15) is 0 Å². The highest BCUT2D eigenvalue weighted by molar-refractivity contribution is 7.10. The van der Waals surface area contributed by atoms with E-state index in [1.807, 2.05) is 23.6 Å². The Bertz CT molecular complexity index is 1050. The van der Waals surface area contributed by atoms with E-state index in [9.17, 15) is 9.59 Å². The third kappa shape index (κ3) is 5.05. The maximum atomic E-state index is 13.0. The van der Waals surface area contributed by atoms with E-state index in [1.165, 1.54) is 16.7 Å². The number of aliphatic carboxylic acids is 1. The van der Waals surface area contributed by atoms with Crippen molar-refractivity contribution in [2.45, 2.75) is 45.1 Å². The zero-order chi connectivity index (χ0) is 21.8. The highest BCUT2D eigenvalue weighted by atomic mass is 32.1. The lowest BCUT2D eigenvalue weighted by Crippen LogP contribution is -2.38. The molecule has 1 fully saturated rings. The summed E-state index contributed by atoms with van der Waals surface area (Å²) in [6, 6.07) is 18.9. The van der Waals surface area contributed by atoms with E-state index < -0.39 is 5.97 Å². The highest BCUT2D eigenvalue weighted by Gasteiger charge is 2.27. The number of carboxylic acids is 1. The lowest BCUT2D eigenvalue weighted by molar-refractivity contribution is -0.142. The van der Waals surface area contributed by atoms with Gasteiger partial charge in [0, 0.05) is 16.3 Å². The van der Waals surface area contributed by atoms with Crippen molar-refractivity contribution in [1.29, 1.82) is 0 Å². The lowest BCUT2D eigenvalue weighted by Gasteiger charge is -2.26. The van der Waals surface area contributed by atoms with Crippen LogP contribution in [-0.2, 0) is 11.2 Å². The first-order valence-corrected chi connectivity index (χ1v) is 11.6. The number of carbonyl (C=O) groups is 2. The van der Waals surface area contributed by atoms with Gasteiger partial charge < -0.3 is 10.4 Å². The van der Waals surface area contributed by atoms with E-state index in [2.05, 4.69) is 48.6 Å².